The van der Waals surface area contributed by atoms with Crippen molar-refractivity contribution >= 4 is 33.9 Å². The number of aryl methyl sites for hydroxylation is 1. The van der Waals surface area contributed by atoms with Gasteiger partial charge < -0.3 is 18.6 Å². The molecule has 7 heteroatoms. The molecule has 0 spiro atoms. The molecule has 0 bridgehead atoms. The molecular weight excluding hydrogens is 436 g/mol. The fourth-order valence-electron chi connectivity index (χ4n) is 3.56. The van der Waals surface area contributed by atoms with Gasteiger partial charge in [0.2, 0.25) is 0 Å². The van der Waals surface area contributed by atoms with E-state index in [4.69, 9.17) is 9.15 Å². The Morgan fingerprint density at radius 2 is 1.88 bits per heavy atom. The van der Waals surface area contributed by atoms with E-state index < -0.39 is 17.3 Å². The maximum Gasteiger partial charge on any atom is 0.328 e. The largest absolute Gasteiger partial charge is 0.588 e. The monoisotopic (exact) mass is 462 g/mol. The summed E-state index contributed by atoms with van der Waals surface area (Å²) in [6.45, 7) is 3.32. The third-order valence-corrected chi connectivity index (χ3v) is 6.53. The number of hydrogen-bond donors (Lipinski definition) is 1. The smallest absolute Gasteiger partial charge is 0.328 e. The van der Waals surface area contributed by atoms with Crippen LogP contribution >= 0.6 is 0 Å². The van der Waals surface area contributed by atoms with Crippen LogP contribution in [0.2, 0.25) is 0 Å². The topological polar surface area (TPSA) is 77.8 Å². The minimum absolute atomic E-state index is 0.114. The highest BCUT2D eigenvalue weighted by molar-refractivity contribution is 7.90. The molecule has 4 rings (SSSR count). The fraction of sp³-hybridized carbons (Fsp3) is 0.192. The Bertz CT molecular complexity index is 1260. The van der Waals surface area contributed by atoms with E-state index in [0.29, 0.717) is 17.1 Å². The first-order chi connectivity index (χ1) is 16.0. The average Bonchev–Trinajstić information content (AvgIpc) is 3.26. The minimum atomic E-state index is -1.75. The van der Waals surface area contributed by atoms with E-state index in [1.807, 2.05) is 79.5 Å². The van der Waals surface area contributed by atoms with Crippen LogP contribution in [-0.2, 0) is 16.1 Å². The van der Waals surface area contributed by atoms with Gasteiger partial charge in [-0.25, -0.2) is 0 Å². The van der Waals surface area contributed by atoms with Crippen LogP contribution in [0.3, 0.4) is 0 Å². The number of anilines is 1. The van der Waals surface area contributed by atoms with Crippen LogP contribution in [0.4, 0.5) is 5.69 Å². The molecule has 1 unspecified atom stereocenters. The second-order valence-corrected chi connectivity index (χ2v) is 8.99. The number of nitrogens with zero attached hydrogens (tertiary/aromatic N) is 1. The lowest BCUT2D eigenvalue weighted by molar-refractivity contribution is 0.0956. The maximum absolute atomic E-state index is 13.1. The van der Waals surface area contributed by atoms with Crippen molar-refractivity contribution in [2.75, 3.05) is 32.2 Å². The fourth-order valence-corrected chi connectivity index (χ4v) is 4.51. The van der Waals surface area contributed by atoms with Crippen LogP contribution in [-0.4, -0.2) is 37.8 Å². The summed E-state index contributed by atoms with van der Waals surface area (Å²) in [5.41, 5.74) is 4.35. The molecule has 0 aliphatic rings. The van der Waals surface area contributed by atoms with Crippen molar-refractivity contribution in [1.29, 1.82) is 0 Å². The molecule has 0 aliphatic carbocycles. The Hall–Kier alpha value is -3.26. The summed E-state index contributed by atoms with van der Waals surface area (Å²) in [4.78, 5) is 15.4. The SMILES string of the molecule is COCCN(C)c1ccc2cc(C(=O)N[S+]([O-])c3ccc(C)cc3-c3ccccc3)oc2c1. The van der Waals surface area contributed by atoms with Gasteiger partial charge in [-0.2, -0.15) is 4.72 Å². The van der Waals surface area contributed by atoms with E-state index in [1.54, 1.807) is 19.2 Å². The number of furan rings is 1. The molecule has 0 saturated carbocycles. The average molecular weight is 463 g/mol. The zero-order chi connectivity index (χ0) is 23.4. The van der Waals surface area contributed by atoms with Gasteiger partial charge in [-0.15, -0.1) is 0 Å². The predicted octanol–water partition coefficient (Wildman–Crippen LogP) is 4.94. The highest BCUT2D eigenvalue weighted by atomic mass is 32.2. The molecule has 0 fully saturated rings. The number of fused-ring (bicyclic) bond motifs is 1. The van der Waals surface area contributed by atoms with Gasteiger partial charge in [-0.1, -0.05) is 42.0 Å². The molecule has 6 nitrogen and oxygen atoms in total. The van der Waals surface area contributed by atoms with E-state index in [0.717, 1.165) is 34.3 Å². The summed E-state index contributed by atoms with van der Waals surface area (Å²) in [6.07, 6.45) is 0. The Morgan fingerprint density at radius 3 is 2.64 bits per heavy atom. The molecule has 1 atom stereocenters. The van der Waals surface area contributed by atoms with Crippen molar-refractivity contribution in [1.82, 2.24) is 4.72 Å². The molecule has 4 aromatic rings. The van der Waals surface area contributed by atoms with Crippen LogP contribution < -0.4 is 9.62 Å². The highest BCUT2D eigenvalue weighted by Gasteiger charge is 2.24. The number of methoxy groups -OCH3 is 1. The van der Waals surface area contributed by atoms with Gasteiger partial charge in [0, 0.05) is 43.4 Å². The summed E-state index contributed by atoms with van der Waals surface area (Å²) < 4.78 is 26.6. The van der Waals surface area contributed by atoms with Crippen molar-refractivity contribution in [3.8, 4) is 11.1 Å². The summed E-state index contributed by atoms with van der Waals surface area (Å²) in [5, 5.41) is 0.801. The molecule has 170 valence electrons. The van der Waals surface area contributed by atoms with Crippen LogP contribution in [0.5, 0.6) is 0 Å². The Balaban J connectivity index is 1.55. The normalized spacial score (nSPS) is 12.0. The third-order valence-electron chi connectivity index (χ3n) is 5.40. The van der Waals surface area contributed by atoms with E-state index in [-0.39, 0.29) is 5.76 Å². The molecule has 1 N–H and O–H groups in total. The Labute approximate surface area is 196 Å². The van der Waals surface area contributed by atoms with Crippen LogP contribution in [0.15, 0.2) is 82.1 Å². The van der Waals surface area contributed by atoms with E-state index >= 15 is 0 Å². The molecule has 1 amide bonds. The second-order valence-electron chi connectivity index (χ2n) is 7.81. The summed E-state index contributed by atoms with van der Waals surface area (Å²) in [5.74, 6) is -0.415. The van der Waals surface area contributed by atoms with Gasteiger partial charge in [0.15, 0.2) is 10.7 Å². The Kier molecular flexibility index (Phi) is 7.03. The van der Waals surface area contributed by atoms with Gasteiger partial charge in [0.1, 0.15) is 16.9 Å². The molecule has 3 aromatic carbocycles. The number of rotatable bonds is 8. The lowest BCUT2D eigenvalue weighted by Gasteiger charge is -2.18. The number of nitrogens with one attached hydrogen (secondary N) is 1. The molecule has 33 heavy (non-hydrogen) atoms. The standard InChI is InChI=1S/C26H26N2O4S/c1-18-9-12-25(22(15-18)19-7-5-4-6-8-19)33(30)27-26(29)24-16-20-10-11-21(17-23(20)32-24)28(2)13-14-31-3/h4-12,15-17H,13-14H2,1-3H3,(H,27,29). The third kappa shape index (κ3) is 5.22. The molecule has 0 saturated heterocycles. The zero-order valence-electron chi connectivity index (χ0n) is 18.8. The van der Waals surface area contributed by atoms with Crippen LogP contribution in [0.1, 0.15) is 16.1 Å². The van der Waals surface area contributed by atoms with Crippen LogP contribution in [0.25, 0.3) is 22.1 Å². The van der Waals surface area contributed by atoms with Crippen molar-refractivity contribution in [2.24, 2.45) is 0 Å². The van der Waals surface area contributed by atoms with Gasteiger partial charge in [-0.05, 0) is 42.8 Å². The first-order valence-corrected chi connectivity index (χ1v) is 11.7. The molecular formula is C26H26N2O4S. The number of hydrogen-bond acceptors (Lipinski definition) is 5. The quantitative estimate of drug-likeness (QED) is 0.375. The lowest BCUT2D eigenvalue weighted by atomic mass is 10.0. The highest BCUT2D eigenvalue weighted by Crippen LogP contribution is 2.29. The van der Waals surface area contributed by atoms with Gasteiger partial charge in [-0.3, -0.25) is 4.79 Å². The number of carbonyl (C=O) groups is 1. The van der Waals surface area contributed by atoms with E-state index in [1.165, 1.54) is 0 Å². The number of amides is 1. The van der Waals surface area contributed by atoms with Gasteiger partial charge >= 0.3 is 5.91 Å². The van der Waals surface area contributed by atoms with Gasteiger partial charge in [0.05, 0.1) is 6.61 Å². The minimum Gasteiger partial charge on any atom is -0.588 e. The molecule has 0 aliphatic heterocycles. The lowest BCUT2D eigenvalue weighted by Crippen LogP contribution is -2.30. The number of benzene rings is 3. The number of likely N-dealkylation sites (N-methyl/N-ethyl adjacent to an activating group) is 1. The van der Waals surface area contributed by atoms with E-state index in [9.17, 15) is 9.35 Å². The van der Waals surface area contributed by atoms with Crippen molar-refractivity contribution < 1.29 is 18.5 Å². The first kappa shape index (κ1) is 22.9. The first-order valence-electron chi connectivity index (χ1n) is 10.6. The number of carbonyl (C=O) groups excluding carboxylic acids is 1. The van der Waals surface area contributed by atoms with E-state index in [2.05, 4.69) is 4.72 Å². The molecule has 1 aromatic heterocycles. The summed E-state index contributed by atoms with van der Waals surface area (Å²) >= 11 is -1.75. The second kappa shape index (κ2) is 10.1. The summed E-state index contributed by atoms with van der Waals surface area (Å²) in [7, 11) is 3.63. The Morgan fingerprint density at radius 1 is 1.09 bits per heavy atom. The van der Waals surface area contributed by atoms with Crippen molar-refractivity contribution in [2.45, 2.75) is 11.8 Å². The maximum atomic E-state index is 13.1. The summed E-state index contributed by atoms with van der Waals surface area (Å²) in [6, 6.07) is 22.7. The van der Waals surface area contributed by atoms with Crippen molar-refractivity contribution in [3.05, 3.63) is 84.1 Å². The molecule has 0 radical (unpaired) electrons. The zero-order valence-corrected chi connectivity index (χ0v) is 19.6. The van der Waals surface area contributed by atoms with Crippen molar-refractivity contribution in [3.63, 3.8) is 0 Å². The predicted molar refractivity (Wildman–Crippen MR) is 132 cm³/mol. The number of ether oxygens (including phenoxy) is 1. The van der Waals surface area contributed by atoms with Crippen LogP contribution in [0, 0.1) is 6.92 Å². The van der Waals surface area contributed by atoms with Gasteiger partial charge in [0.25, 0.3) is 0 Å². The molecule has 1 heterocycles.